The number of ether oxygens (including phenoxy) is 2. The van der Waals surface area contributed by atoms with Gasteiger partial charge in [-0.2, -0.15) is 8.78 Å². The second-order valence-corrected chi connectivity index (χ2v) is 8.41. The monoisotopic (exact) mass is 434 g/mol. The molecule has 4 rings (SSSR count). The maximum Gasteiger partial charge on any atom is 0.387 e. The fourth-order valence-electron chi connectivity index (χ4n) is 3.01. The summed E-state index contributed by atoms with van der Waals surface area (Å²) in [6.07, 6.45) is 0. The van der Waals surface area contributed by atoms with Gasteiger partial charge in [0.15, 0.2) is 6.61 Å². The quantitative estimate of drug-likeness (QED) is 0.420. The number of carbonyl (C=O) groups is 1. The molecule has 5 nitrogen and oxygen atoms in total. The number of nitrogens with zero attached hydrogens (tertiary/aromatic N) is 1. The second kappa shape index (κ2) is 7.92. The summed E-state index contributed by atoms with van der Waals surface area (Å²) in [7, 11) is 0. The summed E-state index contributed by atoms with van der Waals surface area (Å²) < 4.78 is 37.2. The Bertz CT molecular complexity index is 1200. The molecular formula is C20H16F2N2O3S2. The van der Waals surface area contributed by atoms with E-state index in [0.29, 0.717) is 17.0 Å². The summed E-state index contributed by atoms with van der Waals surface area (Å²) in [6, 6.07) is 8.42. The van der Waals surface area contributed by atoms with Crippen molar-refractivity contribution in [1.29, 1.82) is 0 Å². The van der Waals surface area contributed by atoms with Crippen LogP contribution in [0.1, 0.15) is 10.6 Å². The van der Waals surface area contributed by atoms with Crippen LogP contribution >= 0.6 is 22.7 Å². The molecule has 2 aromatic carbocycles. The Morgan fingerprint density at radius 3 is 2.86 bits per heavy atom. The average molecular weight is 434 g/mol. The van der Waals surface area contributed by atoms with E-state index in [9.17, 15) is 13.6 Å². The lowest BCUT2D eigenvalue weighted by Gasteiger charge is -2.13. The highest BCUT2D eigenvalue weighted by atomic mass is 32.1. The number of amides is 1. The van der Waals surface area contributed by atoms with E-state index < -0.39 is 12.5 Å². The number of aryl methyl sites for hydroxylation is 1. The molecule has 0 atom stereocenters. The fraction of sp³-hybridized carbons (Fsp3) is 0.200. The maximum absolute atomic E-state index is 12.5. The minimum absolute atomic E-state index is 0.0183. The lowest BCUT2D eigenvalue weighted by molar-refractivity contribution is -0.118. The van der Waals surface area contributed by atoms with Crippen LogP contribution in [0.4, 0.5) is 14.5 Å². The number of anilines is 1. The molecule has 0 saturated carbocycles. The molecule has 150 valence electrons. The summed E-state index contributed by atoms with van der Waals surface area (Å²) in [5.74, 6) is 0.232. The third kappa shape index (κ3) is 4.01. The van der Waals surface area contributed by atoms with Crippen molar-refractivity contribution >= 4 is 54.6 Å². The van der Waals surface area contributed by atoms with Gasteiger partial charge in [-0.1, -0.05) is 6.07 Å². The van der Waals surface area contributed by atoms with Crippen LogP contribution in [-0.2, 0) is 4.79 Å². The van der Waals surface area contributed by atoms with Gasteiger partial charge in [0.2, 0.25) is 0 Å². The van der Waals surface area contributed by atoms with E-state index >= 15 is 0 Å². The number of carbonyl (C=O) groups excluding carboxylic acids is 1. The van der Waals surface area contributed by atoms with Gasteiger partial charge in [-0.3, -0.25) is 4.79 Å². The number of nitrogens with one attached hydrogen (secondary N) is 1. The molecule has 0 unspecified atom stereocenters. The minimum atomic E-state index is -2.93. The van der Waals surface area contributed by atoms with Crippen LogP contribution < -0.4 is 14.8 Å². The Balaban J connectivity index is 1.51. The van der Waals surface area contributed by atoms with Gasteiger partial charge in [-0.05, 0) is 37.4 Å². The van der Waals surface area contributed by atoms with Crippen LogP contribution in [0, 0.1) is 13.8 Å². The molecular weight excluding hydrogens is 418 g/mol. The molecule has 0 aliphatic heterocycles. The Labute approximate surface area is 172 Å². The molecule has 4 aromatic rings. The number of benzene rings is 2. The number of thiophene rings is 1. The molecule has 0 bridgehead atoms. The predicted octanol–water partition coefficient (Wildman–Crippen LogP) is 5.75. The van der Waals surface area contributed by atoms with E-state index in [1.54, 1.807) is 35.7 Å². The summed E-state index contributed by atoms with van der Waals surface area (Å²) in [4.78, 5) is 17.0. The first kappa shape index (κ1) is 19.5. The predicted molar refractivity (Wildman–Crippen MR) is 112 cm³/mol. The van der Waals surface area contributed by atoms with Crippen LogP contribution in [0.15, 0.2) is 35.7 Å². The van der Waals surface area contributed by atoms with Crippen LogP contribution in [0.5, 0.6) is 11.5 Å². The van der Waals surface area contributed by atoms with Gasteiger partial charge in [0, 0.05) is 22.7 Å². The van der Waals surface area contributed by atoms with Crippen LogP contribution in [-0.4, -0.2) is 24.1 Å². The maximum atomic E-state index is 12.5. The molecule has 2 heterocycles. The van der Waals surface area contributed by atoms with Crippen molar-refractivity contribution in [3.8, 4) is 11.5 Å². The highest BCUT2D eigenvalue weighted by molar-refractivity contribution is 7.21. The zero-order valence-electron chi connectivity index (χ0n) is 15.5. The van der Waals surface area contributed by atoms with Crippen molar-refractivity contribution in [2.24, 2.45) is 0 Å². The van der Waals surface area contributed by atoms with Crippen LogP contribution in [0.3, 0.4) is 0 Å². The Kier molecular flexibility index (Phi) is 5.33. The third-order valence-corrected chi connectivity index (χ3v) is 6.14. The van der Waals surface area contributed by atoms with E-state index in [1.807, 2.05) is 24.4 Å². The standard InChI is InChI=1S/C20H16F2N2O3S2/c1-10-13(4-3-5-14(10)27-20(21)22)24-17(25)9-26-15-8-16-18(23-11(2)29-16)19-12(15)6-7-28-19/h3-8,20H,9H2,1-2H3,(H,24,25). The summed E-state index contributed by atoms with van der Waals surface area (Å²) in [6.45, 7) is 0.407. The van der Waals surface area contributed by atoms with Gasteiger partial charge < -0.3 is 14.8 Å². The number of aromatic nitrogens is 1. The molecule has 9 heteroatoms. The summed E-state index contributed by atoms with van der Waals surface area (Å²) >= 11 is 3.15. The van der Waals surface area contributed by atoms with Crippen molar-refractivity contribution in [3.63, 3.8) is 0 Å². The van der Waals surface area contributed by atoms with Crippen molar-refractivity contribution < 1.29 is 23.0 Å². The first-order valence-electron chi connectivity index (χ1n) is 8.67. The van der Waals surface area contributed by atoms with E-state index in [2.05, 4.69) is 15.0 Å². The molecule has 0 fully saturated rings. The molecule has 0 radical (unpaired) electrons. The third-order valence-electron chi connectivity index (χ3n) is 4.30. The Morgan fingerprint density at radius 2 is 2.07 bits per heavy atom. The molecule has 0 saturated heterocycles. The van der Waals surface area contributed by atoms with E-state index in [1.165, 1.54) is 12.1 Å². The van der Waals surface area contributed by atoms with Gasteiger partial charge in [-0.15, -0.1) is 22.7 Å². The normalized spacial score (nSPS) is 11.3. The van der Waals surface area contributed by atoms with Gasteiger partial charge in [0.1, 0.15) is 11.5 Å². The smallest absolute Gasteiger partial charge is 0.387 e. The van der Waals surface area contributed by atoms with Crippen LogP contribution in [0.25, 0.3) is 20.3 Å². The number of halogens is 2. The van der Waals surface area contributed by atoms with Gasteiger partial charge >= 0.3 is 6.61 Å². The molecule has 2 aromatic heterocycles. The summed E-state index contributed by atoms with van der Waals surface area (Å²) in [5.41, 5.74) is 1.76. The van der Waals surface area contributed by atoms with Crippen molar-refractivity contribution in [3.05, 3.63) is 46.3 Å². The number of fused-ring (bicyclic) bond motifs is 3. The SMILES string of the molecule is Cc1nc2c(cc(OCC(=O)Nc3cccc(OC(F)F)c3C)c3ccsc32)s1. The molecule has 0 spiro atoms. The fourth-order valence-corrected chi connectivity index (χ4v) is 4.84. The van der Waals surface area contributed by atoms with E-state index in [-0.39, 0.29) is 12.4 Å². The molecule has 0 aliphatic rings. The molecule has 0 aliphatic carbocycles. The summed E-state index contributed by atoms with van der Waals surface area (Å²) in [5, 5.41) is 6.51. The first-order valence-corrected chi connectivity index (χ1v) is 10.4. The minimum Gasteiger partial charge on any atom is -0.483 e. The van der Waals surface area contributed by atoms with E-state index in [0.717, 1.165) is 25.3 Å². The zero-order valence-corrected chi connectivity index (χ0v) is 17.1. The lowest BCUT2D eigenvalue weighted by atomic mass is 10.2. The zero-order chi connectivity index (χ0) is 20.5. The first-order chi connectivity index (χ1) is 13.9. The van der Waals surface area contributed by atoms with Gasteiger partial charge in [0.25, 0.3) is 5.91 Å². The number of thiazole rings is 1. The van der Waals surface area contributed by atoms with Crippen molar-refractivity contribution in [1.82, 2.24) is 4.98 Å². The number of alkyl halides is 2. The number of hydrogen-bond acceptors (Lipinski definition) is 6. The average Bonchev–Trinajstić information content (AvgIpc) is 3.28. The Morgan fingerprint density at radius 1 is 1.24 bits per heavy atom. The topological polar surface area (TPSA) is 60.5 Å². The molecule has 1 N–H and O–H groups in total. The molecule has 29 heavy (non-hydrogen) atoms. The van der Waals surface area contributed by atoms with E-state index in [4.69, 9.17) is 4.74 Å². The van der Waals surface area contributed by atoms with Gasteiger partial charge in [0.05, 0.1) is 19.9 Å². The van der Waals surface area contributed by atoms with Crippen molar-refractivity contribution in [2.45, 2.75) is 20.5 Å². The number of hydrogen-bond donors (Lipinski definition) is 1. The number of rotatable bonds is 6. The van der Waals surface area contributed by atoms with Gasteiger partial charge in [-0.25, -0.2) is 4.98 Å². The lowest BCUT2D eigenvalue weighted by Crippen LogP contribution is -2.21. The highest BCUT2D eigenvalue weighted by Gasteiger charge is 2.15. The van der Waals surface area contributed by atoms with Crippen LogP contribution in [0.2, 0.25) is 0 Å². The Hall–Kier alpha value is -2.78. The second-order valence-electron chi connectivity index (χ2n) is 6.26. The molecule has 1 amide bonds. The largest absolute Gasteiger partial charge is 0.483 e. The highest BCUT2D eigenvalue weighted by Crippen LogP contribution is 2.38. The van der Waals surface area contributed by atoms with Crippen molar-refractivity contribution in [2.75, 3.05) is 11.9 Å².